The molecule has 0 aliphatic carbocycles. The van der Waals surface area contributed by atoms with Crippen LogP contribution in [-0.2, 0) is 0 Å². The Kier molecular flexibility index (Phi) is 6.02. The van der Waals surface area contributed by atoms with Crippen molar-refractivity contribution >= 4 is 65.0 Å². The molecule has 0 bridgehead atoms. The molecule has 1 aromatic heterocycles. The summed E-state index contributed by atoms with van der Waals surface area (Å²) < 4.78 is 6.37. The maximum atomic E-state index is 6.37. The number of hydrogen-bond acceptors (Lipinski definition) is 1. The fourth-order valence-corrected chi connectivity index (χ4v) is 8.57. The lowest BCUT2D eigenvalue weighted by Gasteiger charge is -2.20. The Labute approximate surface area is 295 Å². The summed E-state index contributed by atoms with van der Waals surface area (Å²) in [6.07, 6.45) is 0. The second-order valence-electron chi connectivity index (χ2n) is 13.6. The third-order valence-electron chi connectivity index (χ3n) is 10.8. The van der Waals surface area contributed by atoms with Gasteiger partial charge in [0.25, 0.3) is 0 Å². The van der Waals surface area contributed by atoms with Crippen molar-refractivity contribution in [1.82, 2.24) is 0 Å². The van der Waals surface area contributed by atoms with Gasteiger partial charge in [-0.25, -0.2) is 0 Å². The maximum absolute atomic E-state index is 6.37. The first kappa shape index (κ1) is 28.2. The van der Waals surface area contributed by atoms with Crippen molar-refractivity contribution in [3.8, 4) is 44.5 Å². The average Bonchev–Trinajstić information content (AvgIpc) is 3.59. The van der Waals surface area contributed by atoms with E-state index in [1.54, 1.807) is 0 Å². The molecule has 0 saturated carbocycles. The minimum absolute atomic E-state index is 0.936. The fourth-order valence-electron chi connectivity index (χ4n) is 8.57. The van der Waals surface area contributed by atoms with Gasteiger partial charge in [0.15, 0.2) is 0 Å². The van der Waals surface area contributed by atoms with E-state index < -0.39 is 0 Å². The summed E-state index contributed by atoms with van der Waals surface area (Å²) in [6, 6.07) is 66.4. The van der Waals surface area contributed by atoms with Gasteiger partial charge in [0.05, 0.1) is 0 Å². The zero-order chi connectivity index (χ0) is 33.5. The van der Waals surface area contributed by atoms with E-state index >= 15 is 0 Å². The van der Waals surface area contributed by atoms with E-state index in [1.165, 1.54) is 98.4 Å². The lowest BCUT2D eigenvalue weighted by atomic mass is 9.83. The Morgan fingerprint density at radius 3 is 1.63 bits per heavy atom. The number of hydrogen-bond donors (Lipinski definition) is 0. The van der Waals surface area contributed by atoms with E-state index in [9.17, 15) is 0 Å². The quantitative estimate of drug-likeness (QED) is 0.137. The Hall–Kier alpha value is -6.70. The van der Waals surface area contributed by atoms with Crippen LogP contribution in [0.25, 0.3) is 110 Å². The summed E-state index contributed by atoms with van der Waals surface area (Å²) in [7, 11) is 0. The lowest BCUT2D eigenvalue weighted by Crippen LogP contribution is -1.93. The van der Waals surface area contributed by atoms with Gasteiger partial charge in [0.1, 0.15) is 11.2 Å². The monoisotopic (exact) mass is 646 g/mol. The van der Waals surface area contributed by atoms with Gasteiger partial charge in [-0.2, -0.15) is 0 Å². The predicted molar refractivity (Wildman–Crippen MR) is 217 cm³/mol. The Morgan fingerprint density at radius 1 is 0.275 bits per heavy atom. The number of furan rings is 1. The third kappa shape index (κ3) is 4.22. The molecule has 0 amide bonds. The van der Waals surface area contributed by atoms with E-state index in [0.29, 0.717) is 0 Å². The van der Waals surface area contributed by atoms with E-state index in [2.05, 4.69) is 182 Å². The highest BCUT2D eigenvalue weighted by Crippen LogP contribution is 2.49. The minimum Gasteiger partial charge on any atom is -0.456 e. The highest BCUT2D eigenvalue weighted by molar-refractivity contribution is 6.29. The van der Waals surface area contributed by atoms with Crippen LogP contribution in [0.2, 0.25) is 0 Å². The molecular formula is C50H30O. The molecule has 0 radical (unpaired) electrons. The molecule has 0 aliphatic rings. The lowest BCUT2D eigenvalue weighted by molar-refractivity contribution is 0.669. The number of rotatable bonds is 4. The first-order valence-electron chi connectivity index (χ1n) is 17.6. The summed E-state index contributed by atoms with van der Waals surface area (Å²) in [5.74, 6) is 0. The third-order valence-corrected chi connectivity index (χ3v) is 10.8. The second-order valence-corrected chi connectivity index (χ2v) is 13.6. The normalized spacial score (nSPS) is 11.9. The topological polar surface area (TPSA) is 13.1 Å². The van der Waals surface area contributed by atoms with E-state index in [-0.39, 0.29) is 0 Å². The molecule has 1 heterocycles. The molecule has 0 aliphatic heterocycles. The smallest absolute Gasteiger partial charge is 0.136 e. The summed E-state index contributed by atoms with van der Waals surface area (Å²) in [5.41, 5.74) is 11.7. The minimum atomic E-state index is 0.936. The molecule has 1 heteroatoms. The Bertz CT molecular complexity index is 3070. The van der Waals surface area contributed by atoms with E-state index in [1.807, 2.05) is 0 Å². The van der Waals surface area contributed by atoms with Crippen molar-refractivity contribution in [3.05, 3.63) is 182 Å². The molecule has 51 heavy (non-hydrogen) atoms. The van der Waals surface area contributed by atoms with Gasteiger partial charge in [-0.15, -0.1) is 0 Å². The van der Waals surface area contributed by atoms with Crippen molar-refractivity contribution in [1.29, 1.82) is 0 Å². The summed E-state index contributed by atoms with van der Waals surface area (Å²) in [4.78, 5) is 0. The van der Waals surface area contributed by atoms with Gasteiger partial charge in [-0.1, -0.05) is 152 Å². The molecule has 0 fully saturated rings. The molecular weight excluding hydrogens is 617 g/mol. The Morgan fingerprint density at radius 2 is 0.863 bits per heavy atom. The van der Waals surface area contributed by atoms with Crippen LogP contribution in [-0.4, -0.2) is 0 Å². The van der Waals surface area contributed by atoms with Crippen molar-refractivity contribution in [2.24, 2.45) is 0 Å². The van der Waals surface area contributed by atoms with Crippen LogP contribution in [0.3, 0.4) is 0 Å². The molecule has 0 N–H and O–H groups in total. The van der Waals surface area contributed by atoms with Crippen molar-refractivity contribution < 1.29 is 4.42 Å². The second kappa shape index (κ2) is 10.9. The van der Waals surface area contributed by atoms with Crippen LogP contribution < -0.4 is 0 Å². The summed E-state index contributed by atoms with van der Waals surface area (Å²) in [6.45, 7) is 0. The van der Waals surface area contributed by atoms with Gasteiger partial charge in [-0.05, 0) is 118 Å². The summed E-state index contributed by atoms with van der Waals surface area (Å²) in [5, 5.41) is 12.3. The molecule has 10 aromatic carbocycles. The van der Waals surface area contributed by atoms with E-state index in [4.69, 9.17) is 4.42 Å². The van der Waals surface area contributed by atoms with Crippen LogP contribution in [0.4, 0.5) is 0 Å². The van der Waals surface area contributed by atoms with Gasteiger partial charge in [0.2, 0.25) is 0 Å². The van der Waals surface area contributed by atoms with Crippen molar-refractivity contribution in [2.45, 2.75) is 0 Å². The molecule has 11 rings (SSSR count). The fraction of sp³-hybridized carbons (Fsp3) is 0. The van der Waals surface area contributed by atoms with Crippen molar-refractivity contribution in [2.75, 3.05) is 0 Å². The SMILES string of the molecule is c1ccc(-c2cc(-c3c4ccccc4c(-c4cc5cccc6oc7cccc4c7c56)c4ccccc34)ccc2-c2ccc3ccccc3c2)cc1. The van der Waals surface area contributed by atoms with Gasteiger partial charge in [0, 0.05) is 10.8 Å². The first-order valence-corrected chi connectivity index (χ1v) is 17.6. The predicted octanol–water partition coefficient (Wildman–Crippen LogP) is 14.3. The number of benzene rings is 10. The zero-order valence-electron chi connectivity index (χ0n) is 27.7. The molecule has 0 unspecified atom stereocenters. The van der Waals surface area contributed by atoms with Crippen LogP contribution >= 0.6 is 0 Å². The van der Waals surface area contributed by atoms with Gasteiger partial charge >= 0.3 is 0 Å². The average molecular weight is 647 g/mol. The van der Waals surface area contributed by atoms with Gasteiger partial charge < -0.3 is 4.42 Å². The van der Waals surface area contributed by atoms with Crippen molar-refractivity contribution in [3.63, 3.8) is 0 Å². The largest absolute Gasteiger partial charge is 0.456 e. The van der Waals surface area contributed by atoms with Crippen LogP contribution in [0, 0.1) is 0 Å². The molecule has 11 aromatic rings. The zero-order valence-corrected chi connectivity index (χ0v) is 27.7. The first-order chi connectivity index (χ1) is 25.3. The number of fused-ring (bicyclic) bond motifs is 3. The summed E-state index contributed by atoms with van der Waals surface area (Å²) >= 11 is 0. The molecule has 0 spiro atoms. The molecule has 1 nitrogen and oxygen atoms in total. The highest BCUT2D eigenvalue weighted by Gasteiger charge is 2.22. The molecule has 0 atom stereocenters. The molecule has 236 valence electrons. The molecule has 0 saturated heterocycles. The standard InChI is InChI=1S/C50H30O/c1-2-13-32(14-3-1)43-29-36(26-27-37(43)34-25-24-31-12-4-5-15-33(31)28-34)47-38-17-6-8-19-40(38)49(41-20-9-7-18-39(41)47)44-30-35-16-10-22-45-48(35)50-42(44)21-11-23-46(50)51-45/h1-30H. The van der Waals surface area contributed by atoms with Crippen LogP contribution in [0.1, 0.15) is 0 Å². The van der Waals surface area contributed by atoms with E-state index in [0.717, 1.165) is 11.2 Å². The maximum Gasteiger partial charge on any atom is 0.136 e. The van der Waals surface area contributed by atoms with Crippen LogP contribution in [0.15, 0.2) is 186 Å². The van der Waals surface area contributed by atoms with Gasteiger partial charge in [-0.3, -0.25) is 0 Å². The highest BCUT2D eigenvalue weighted by atomic mass is 16.3. The Balaban J connectivity index is 1.21. The van der Waals surface area contributed by atoms with Crippen LogP contribution in [0.5, 0.6) is 0 Å².